The first-order valence-corrected chi connectivity index (χ1v) is 9.64. The Bertz CT molecular complexity index is 925. The van der Waals surface area contributed by atoms with Crippen LogP contribution < -0.4 is 4.72 Å². The number of benzene rings is 2. The van der Waals surface area contributed by atoms with Gasteiger partial charge in [0, 0.05) is 10.6 Å². The van der Waals surface area contributed by atoms with E-state index in [1.54, 1.807) is 24.3 Å². The number of aryl methyl sites for hydroxylation is 1. The summed E-state index contributed by atoms with van der Waals surface area (Å²) in [5, 5.41) is 8.38. The summed E-state index contributed by atoms with van der Waals surface area (Å²) in [7, 11) is -3.43. The van der Waals surface area contributed by atoms with Crippen LogP contribution in [0.2, 0.25) is 5.02 Å². The Morgan fingerprint density at radius 2 is 1.72 bits per heavy atom. The summed E-state index contributed by atoms with van der Waals surface area (Å²) >= 11 is 5.83. The van der Waals surface area contributed by atoms with Gasteiger partial charge in [-0.25, -0.2) is 13.1 Å². The van der Waals surface area contributed by atoms with Crippen molar-refractivity contribution in [3.8, 4) is 11.5 Å². The highest BCUT2D eigenvalue weighted by Gasteiger charge is 2.14. The average Bonchev–Trinajstić information content (AvgIpc) is 3.09. The summed E-state index contributed by atoms with van der Waals surface area (Å²) in [4.78, 5) is 0. The number of nitrogens with one attached hydrogen (secondary N) is 1. The van der Waals surface area contributed by atoms with E-state index in [1.165, 1.54) is 0 Å². The minimum atomic E-state index is -3.43. The fourth-order valence-electron chi connectivity index (χ4n) is 2.17. The Morgan fingerprint density at radius 1 is 1.00 bits per heavy atom. The number of nitrogens with zero attached hydrogens (tertiary/aromatic N) is 2. The van der Waals surface area contributed by atoms with Gasteiger partial charge in [-0.1, -0.05) is 41.9 Å². The number of rotatable bonds is 7. The minimum Gasteiger partial charge on any atom is -0.419 e. The third-order valence-electron chi connectivity index (χ3n) is 3.50. The van der Waals surface area contributed by atoms with Crippen LogP contribution in [0.15, 0.2) is 59.0 Å². The zero-order valence-electron chi connectivity index (χ0n) is 13.2. The fraction of sp³-hybridized carbons (Fsp3) is 0.176. The molecule has 0 unspecified atom stereocenters. The van der Waals surface area contributed by atoms with Crippen LogP contribution >= 0.6 is 11.6 Å². The molecule has 1 heterocycles. The molecule has 0 radical (unpaired) electrons. The monoisotopic (exact) mass is 377 g/mol. The molecule has 130 valence electrons. The van der Waals surface area contributed by atoms with Crippen LogP contribution in [0.4, 0.5) is 0 Å². The number of halogens is 1. The van der Waals surface area contributed by atoms with Crippen LogP contribution in [0, 0.1) is 0 Å². The van der Waals surface area contributed by atoms with Gasteiger partial charge in [-0.15, -0.1) is 10.2 Å². The summed E-state index contributed by atoms with van der Waals surface area (Å²) in [5.41, 5.74) is 1.69. The largest absolute Gasteiger partial charge is 0.419 e. The zero-order valence-corrected chi connectivity index (χ0v) is 14.8. The second-order valence-electron chi connectivity index (χ2n) is 5.38. The lowest BCUT2D eigenvalue weighted by molar-refractivity contribution is 0.494. The van der Waals surface area contributed by atoms with E-state index in [9.17, 15) is 8.42 Å². The molecule has 0 saturated heterocycles. The van der Waals surface area contributed by atoms with Crippen molar-refractivity contribution >= 4 is 21.6 Å². The predicted octanol–water partition coefficient (Wildman–Crippen LogP) is 3.05. The van der Waals surface area contributed by atoms with E-state index in [4.69, 9.17) is 16.0 Å². The predicted molar refractivity (Wildman–Crippen MR) is 95.5 cm³/mol. The third-order valence-corrected chi connectivity index (χ3v) is 5.08. The number of sulfonamides is 1. The molecule has 6 nitrogen and oxygen atoms in total. The van der Waals surface area contributed by atoms with Gasteiger partial charge in [0.25, 0.3) is 0 Å². The molecule has 2 aromatic carbocycles. The van der Waals surface area contributed by atoms with E-state index in [2.05, 4.69) is 14.9 Å². The summed E-state index contributed by atoms with van der Waals surface area (Å²) in [5.74, 6) is 0.512. The van der Waals surface area contributed by atoms with Crippen LogP contribution in [0.1, 0.15) is 11.5 Å². The Kier molecular flexibility index (Phi) is 5.47. The standard InChI is InChI=1S/C17H16ClN3O3S/c18-15-8-6-14(7-9-15)17-21-20-16(24-17)12-19-25(22,23)11-10-13-4-2-1-3-5-13/h1-9,19H,10-12H2. The summed E-state index contributed by atoms with van der Waals surface area (Å²) in [6, 6.07) is 16.4. The SMILES string of the molecule is O=S(=O)(CCc1ccccc1)NCc1nnc(-c2ccc(Cl)cc2)o1. The van der Waals surface area contributed by atoms with E-state index in [0.717, 1.165) is 11.1 Å². The smallest absolute Gasteiger partial charge is 0.247 e. The number of aromatic nitrogens is 2. The second-order valence-corrected chi connectivity index (χ2v) is 7.75. The third kappa shape index (κ3) is 5.12. The molecule has 0 bridgehead atoms. The molecule has 1 N–H and O–H groups in total. The Hall–Kier alpha value is -2.22. The maximum atomic E-state index is 12.1. The molecular formula is C17H16ClN3O3S. The quantitative estimate of drug-likeness (QED) is 0.684. The summed E-state index contributed by atoms with van der Waals surface area (Å²) in [6.45, 7) is -0.0439. The Morgan fingerprint density at radius 3 is 2.44 bits per heavy atom. The number of hydrogen-bond donors (Lipinski definition) is 1. The molecule has 0 spiro atoms. The van der Waals surface area contributed by atoms with E-state index < -0.39 is 10.0 Å². The highest BCUT2D eigenvalue weighted by Crippen LogP contribution is 2.20. The normalized spacial score (nSPS) is 11.6. The molecule has 3 aromatic rings. The number of hydrogen-bond acceptors (Lipinski definition) is 5. The van der Waals surface area contributed by atoms with Crippen molar-refractivity contribution < 1.29 is 12.8 Å². The highest BCUT2D eigenvalue weighted by molar-refractivity contribution is 7.89. The first-order valence-electron chi connectivity index (χ1n) is 7.61. The van der Waals surface area contributed by atoms with Gasteiger partial charge >= 0.3 is 0 Å². The van der Waals surface area contributed by atoms with Crippen molar-refractivity contribution in [2.75, 3.05) is 5.75 Å². The fourth-order valence-corrected chi connectivity index (χ4v) is 3.29. The lowest BCUT2D eigenvalue weighted by atomic mass is 10.2. The van der Waals surface area contributed by atoms with Crippen molar-refractivity contribution in [1.82, 2.24) is 14.9 Å². The van der Waals surface area contributed by atoms with Crippen LogP contribution in [0.3, 0.4) is 0 Å². The lowest BCUT2D eigenvalue weighted by Crippen LogP contribution is -2.27. The van der Waals surface area contributed by atoms with E-state index in [1.807, 2.05) is 30.3 Å². The Labute approximate surface area is 150 Å². The zero-order chi connectivity index (χ0) is 17.7. The van der Waals surface area contributed by atoms with E-state index in [0.29, 0.717) is 17.3 Å². The molecule has 0 amide bonds. The van der Waals surface area contributed by atoms with Crippen LogP contribution in [0.25, 0.3) is 11.5 Å². The van der Waals surface area contributed by atoms with Crippen LogP contribution in [-0.4, -0.2) is 24.4 Å². The molecule has 25 heavy (non-hydrogen) atoms. The molecule has 0 aliphatic heterocycles. The van der Waals surface area contributed by atoms with E-state index >= 15 is 0 Å². The summed E-state index contributed by atoms with van der Waals surface area (Å²) in [6.07, 6.45) is 0.441. The van der Waals surface area contributed by atoms with Crippen LogP contribution in [-0.2, 0) is 23.0 Å². The van der Waals surface area contributed by atoms with Crippen molar-refractivity contribution in [3.05, 3.63) is 71.1 Å². The maximum Gasteiger partial charge on any atom is 0.247 e. The molecule has 0 aliphatic carbocycles. The molecule has 8 heteroatoms. The van der Waals surface area contributed by atoms with Gasteiger partial charge in [-0.2, -0.15) is 0 Å². The molecular weight excluding hydrogens is 362 g/mol. The minimum absolute atomic E-state index is 0.00477. The van der Waals surface area contributed by atoms with Crippen LogP contribution in [0.5, 0.6) is 0 Å². The highest BCUT2D eigenvalue weighted by atomic mass is 35.5. The van der Waals surface area contributed by atoms with Gasteiger partial charge in [0.2, 0.25) is 21.8 Å². The molecule has 0 fully saturated rings. The van der Waals surface area contributed by atoms with Gasteiger partial charge in [0.05, 0.1) is 12.3 Å². The average molecular weight is 378 g/mol. The van der Waals surface area contributed by atoms with Gasteiger partial charge in [-0.3, -0.25) is 0 Å². The molecule has 1 aromatic heterocycles. The van der Waals surface area contributed by atoms with Crippen molar-refractivity contribution in [1.29, 1.82) is 0 Å². The van der Waals surface area contributed by atoms with Gasteiger partial charge < -0.3 is 4.42 Å². The first kappa shape index (κ1) is 17.6. The first-order chi connectivity index (χ1) is 12.0. The molecule has 0 saturated carbocycles. The van der Waals surface area contributed by atoms with E-state index in [-0.39, 0.29) is 18.2 Å². The molecule has 0 aliphatic rings. The molecule has 3 rings (SSSR count). The van der Waals surface area contributed by atoms with Crippen molar-refractivity contribution in [2.45, 2.75) is 13.0 Å². The molecule has 0 atom stereocenters. The van der Waals surface area contributed by atoms with Crippen molar-refractivity contribution in [3.63, 3.8) is 0 Å². The van der Waals surface area contributed by atoms with Crippen molar-refractivity contribution in [2.24, 2.45) is 0 Å². The topological polar surface area (TPSA) is 85.1 Å². The summed E-state index contributed by atoms with van der Waals surface area (Å²) < 4.78 is 32.1. The lowest BCUT2D eigenvalue weighted by Gasteiger charge is -2.04. The maximum absolute atomic E-state index is 12.1. The Balaban J connectivity index is 1.57. The van der Waals surface area contributed by atoms with Gasteiger partial charge in [0.15, 0.2) is 0 Å². The van der Waals surface area contributed by atoms with Gasteiger partial charge in [-0.05, 0) is 36.2 Å². The van der Waals surface area contributed by atoms with Gasteiger partial charge in [0.1, 0.15) is 0 Å². The second kappa shape index (κ2) is 7.77.